The first-order valence-electron chi connectivity index (χ1n) is 8.37. The summed E-state index contributed by atoms with van der Waals surface area (Å²) in [6.07, 6.45) is 2.51. The topological polar surface area (TPSA) is 102 Å². The second kappa shape index (κ2) is 8.98. The first-order valence-corrected chi connectivity index (χ1v) is 8.37. The first-order chi connectivity index (χ1) is 12.0. The van der Waals surface area contributed by atoms with E-state index in [2.05, 4.69) is 15.7 Å². The molecule has 0 radical (unpaired) electrons. The normalized spacial score (nSPS) is 12.0. The molecule has 7 nitrogen and oxygen atoms in total. The van der Waals surface area contributed by atoms with Gasteiger partial charge in [0.1, 0.15) is 0 Å². The van der Waals surface area contributed by atoms with Crippen LogP contribution in [-0.4, -0.2) is 40.7 Å². The van der Waals surface area contributed by atoms with Crippen LogP contribution in [0.25, 0.3) is 5.69 Å². The van der Waals surface area contributed by atoms with E-state index in [4.69, 9.17) is 5.73 Å². The minimum absolute atomic E-state index is 0.0304. The van der Waals surface area contributed by atoms with Crippen molar-refractivity contribution in [1.29, 1.82) is 0 Å². The van der Waals surface area contributed by atoms with Crippen molar-refractivity contribution in [2.75, 3.05) is 13.1 Å². The van der Waals surface area contributed by atoms with Gasteiger partial charge in [0.05, 0.1) is 24.0 Å². The van der Waals surface area contributed by atoms with E-state index >= 15 is 0 Å². The van der Waals surface area contributed by atoms with Crippen LogP contribution in [0.3, 0.4) is 0 Å². The third kappa shape index (κ3) is 5.72. The lowest BCUT2D eigenvalue weighted by molar-refractivity contribution is -0.127. The van der Waals surface area contributed by atoms with Gasteiger partial charge < -0.3 is 16.4 Å². The minimum Gasteiger partial charge on any atom is -0.354 e. The maximum absolute atomic E-state index is 11.8. The summed E-state index contributed by atoms with van der Waals surface area (Å²) in [5.74, 6) is -0.527. The van der Waals surface area contributed by atoms with E-state index in [1.807, 2.05) is 56.4 Å². The fourth-order valence-electron chi connectivity index (χ4n) is 2.20. The smallest absolute Gasteiger partial charge is 0.239 e. The Bertz CT molecular complexity index is 697. The van der Waals surface area contributed by atoms with Crippen molar-refractivity contribution in [2.24, 2.45) is 11.7 Å². The number of carbonyl (C=O) groups is 2. The quantitative estimate of drug-likeness (QED) is 0.654. The lowest BCUT2D eigenvalue weighted by atomic mass is 10.1. The van der Waals surface area contributed by atoms with Crippen molar-refractivity contribution in [3.05, 3.63) is 48.3 Å². The third-order valence-electron chi connectivity index (χ3n) is 3.81. The molecule has 0 aliphatic heterocycles. The molecule has 0 fully saturated rings. The summed E-state index contributed by atoms with van der Waals surface area (Å²) in [6.45, 7) is 4.10. The second-order valence-electron chi connectivity index (χ2n) is 6.17. The zero-order chi connectivity index (χ0) is 18.2. The summed E-state index contributed by atoms with van der Waals surface area (Å²) in [6, 6.07) is 11.1. The van der Waals surface area contributed by atoms with Gasteiger partial charge in [-0.25, -0.2) is 4.68 Å². The Morgan fingerprint density at radius 1 is 1.16 bits per heavy atom. The molecule has 0 saturated heterocycles. The predicted octanol–water partition coefficient (Wildman–Crippen LogP) is 0.631. The molecule has 2 amide bonds. The molecule has 7 heteroatoms. The highest BCUT2D eigenvalue weighted by molar-refractivity contribution is 5.87. The molecule has 0 saturated carbocycles. The Labute approximate surface area is 147 Å². The van der Waals surface area contributed by atoms with Crippen LogP contribution in [0.5, 0.6) is 0 Å². The number of nitrogens with two attached hydrogens (primary N) is 1. The lowest BCUT2D eigenvalue weighted by Crippen LogP contribution is -2.47. The molecule has 1 heterocycles. The van der Waals surface area contributed by atoms with Gasteiger partial charge >= 0.3 is 0 Å². The predicted molar refractivity (Wildman–Crippen MR) is 96.1 cm³/mol. The SMILES string of the molecule is CC(C)[C@H](N)C(=O)NCC(=O)NCCc1ccn(-c2ccccc2)n1. The van der Waals surface area contributed by atoms with Crippen LogP contribution >= 0.6 is 0 Å². The number of aromatic nitrogens is 2. The summed E-state index contributed by atoms with van der Waals surface area (Å²) >= 11 is 0. The fourth-order valence-corrected chi connectivity index (χ4v) is 2.20. The van der Waals surface area contributed by atoms with E-state index in [-0.39, 0.29) is 24.3 Å². The Balaban J connectivity index is 1.71. The fraction of sp³-hybridized carbons (Fsp3) is 0.389. The highest BCUT2D eigenvalue weighted by Crippen LogP contribution is 2.06. The summed E-state index contributed by atoms with van der Waals surface area (Å²) in [4.78, 5) is 23.5. The van der Waals surface area contributed by atoms with Gasteiger partial charge in [0.2, 0.25) is 11.8 Å². The van der Waals surface area contributed by atoms with Gasteiger partial charge in [-0.15, -0.1) is 0 Å². The zero-order valence-corrected chi connectivity index (χ0v) is 14.6. The van der Waals surface area contributed by atoms with Gasteiger partial charge in [-0.1, -0.05) is 32.0 Å². The number of carbonyl (C=O) groups excluding carboxylic acids is 2. The molecule has 1 aromatic carbocycles. The van der Waals surface area contributed by atoms with Gasteiger partial charge in [-0.05, 0) is 24.1 Å². The van der Waals surface area contributed by atoms with Crippen LogP contribution in [0, 0.1) is 5.92 Å². The van der Waals surface area contributed by atoms with Crippen molar-refractivity contribution in [2.45, 2.75) is 26.3 Å². The van der Waals surface area contributed by atoms with Crippen molar-refractivity contribution < 1.29 is 9.59 Å². The second-order valence-corrected chi connectivity index (χ2v) is 6.17. The summed E-state index contributed by atoms with van der Waals surface area (Å²) in [5, 5.41) is 9.78. The Morgan fingerprint density at radius 2 is 1.88 bits per heavy atom. The van der Waals surface area contributed by atoms with Gasteiger partial charge in [0, 0.05) is 19.2 Å². The molecular formula is C18H25N5O2. The maximum atomic E-state index is 11.8. The minimum atomic E-state index is -0.602. The van der Waals surface area contributed by atoms with Crippen molar-refractivity contribution in [3.8, 4) is 5.69 Å². The molecular weight excluding hydrogens is 318 g/mol. The largest absolute Gasteiger partial charge is 0.354 e. The number of nitrogens with one attached hydrogen (secondary N) is 2. The molecule has 25 heavy (non-hydrogen) atoms. The van der Waals surface area contributed by atoms with E-state index in [9.17, 15) is 9.59 Å². The van der Waals surface area contributed by atoms with Crippen LogP contribution in [0.15, 0.2) is 42.6 Å². The molecule has 4 N–H and O–H groups in total. The van der Waals surface area contributed by atoms with Crippen molar-refractivity contribution in [1.82, 2.24) is 20.4 Å². The molecule has 2 aromatic rings. The van der Waals surface area contributed by atoms with E-state index in [0.29, 0.717) is 13.0 Å². The van der Waals surface area contributed by atoms with E-state index in [0.717, 1.165) is 11.4 Å². The number of nitrogens with zero attached hydrogens (tertiary/aromatic N) is 2. The number of hydrogen-bond donors (Lipinski definition) is 3. The highest BCUT2D eigenvalue weighted by Gasteiger charge is 2.17. The molecule has 1 aromatic heterocycles. The average Bonchev–Trinajstić information content (AvgIpc) is 3.08. The zero-order valence-electron chi connectivity index (χ0n) is 14.6. The summed E-state index contributed by atoms with van der Waals surface area (Å²) in [7, 11) is 0. The average molecular weight is 343 g/mol. The lowest BCUT2D eigenvalue weighted by Gasteiger charge is -2.15. The van der Waals surface area contributed by atoms with Crippen molar-refractivity contribution >= 4 is 11.8 Å². The molecule has 1 atom stereocenters. The van der Waals surface area contributed by atoms with E-state index in [1.54, 1.807) is 4.68 Å². The first kappa shape index (κ1) is 18.7. The van der Waals surface area contributed by atoms with E-state index < -0.39 is 6.04 Å². The van der Waals surface area contributed by atoms with Gasteiger partial charge in [-0.2, -0.15) is 5.10 Å². The number of rotatable bonds is 8. The van der Waals surface area contributed by atoms with E-state index in [1.165, 1.54) is 0 Å². The molecule has 0 spiro atoms. The van der Waals surface area contributed by atoms with Crippen LogP contribution < -0.4 is 16.4 Å². The summed E-state index contributed by atoms with van der Waals surface area (Å²) in [5.41, 5.74) is 7.59. The monoisotopic (exact) mass is 343 g/mol. The highest BCUT2D eigenvalue weighted by atomic mass is 16.2. The van der Waals surface area contributed by atoms with Crippen LogP contribution in [-0.2, 0) is 16.0 Å². The van der Waals surface area contributed by atoms with Gasteiger partial charge in [0.25, 0.3) is 0 Å². The van der Waals surface area contributed by atoms with Crippen LogP contribution in [0.4, 0.5) is 0 Å². The maximum Gasteiger partial charge on any atom is 0.239 e. The van der Waals surface area contributed by atoms with Gasteiger partial charge in [0.15, 0.2) is 0 Å². The molecule has 134 valence electrons. The third-order valence-corrected chi connectivity index (χ3v) is 3.81. The van der Waals surface area contributed by atoms with Crippen molar-refractivity contribution in [3.63, 3.8) is 0 Å². The van der Waals surface area contributed by atoms with Crippen LogP contribution in [0.1, 0.15) is 19.5 Å². The number of amides is 2. The molecule has 0 unspecified atom stereocenters. The molecule has 0 bridgehead atoms. The van der Waals surface area contributed by atoms with Gasteiger partial charge in [-0.3, -0.25) is 9.59 Å². The standard InChI is InChI=1S/C18H25N5O2/c1-13(2)17(19)18(25)21-12-16(24)20-10-8-14-9-11-23(22-14)15-6-4-3-5-7-15/h3-7,9,11,13,17H,8,10,12,19H2,1-2H3,(H,20,24)(H,21,25)/t17-/m0/s1. The van der Waals surface area contributed by atoms with Crippen LogP contribution in [0.2, 0.25) is 0 Å². The molecule has 0 aliphatic carbocycles. The molecule has 0 aliphatic rings. The Kier molecular flexibility index (Phi) is 6.71. The number of benzene rings is 1. The number of para-hydroxylation sites is 1. The summed E-state index contributed by atoms with van der Waals surface area (Å²) < 4.78 is 1.80. The molecule has 2 rings (SSSR count). The Hall–Kier alpha value is -2.67. The number of hydrogen-bond acceptors (Lipinski definition) is 4. The Morgan fingerprint density at radius 3 is 2.56 bits per heavy atom.